The van der Waals surface area contributed by atoms with E-state index in [0.717, 1.165) is 11.1 Å². The Morgan fingerprint density at radius 3 is 2.49 bits per heavy atom. The molecule has 0 atom stereocenters. The summed E-state index contributed by atoms with van der Waals surface area (Å²) in [5.41, 5.74) is 2.55. The molecule has 0 bridgehead atoms. The summed E-state index contributed by atoms with van der Waals surface area (Å²) in [5.74, 6) is -1.24. The molecule has 0 saturated heterocycles. The standard InChI is InChI=1S/C26H20Cl2N4O3/c27-20-12-10-18(14-21(20)28)16-32-22-9-5-4-8-19(22)25(26(32)35)31-30-24(34)15-29-23(33)13-11-17-6-2-1-3-7-17/h1-14,35H,15-16H2,(H,29,33). The highest BCUT2D eigenvalue weighted by Crippen LogP contribution is 2.39. The molecule has 7 nitrogen and oxygen atoms in total. The van der Waals surface area contributed by atoms with E-state index in [2.05, 4.69) is 15.5 Å². The van der Waals surface area contributed by atoms with Crippen LogP contribution in [-0.2, 0) is 16.1 Å². The van der Waals surface area contributed by atoms with Crippen molar-refractivity contribution in [3.63, 3.8) is 0 Å². The number of benzene rings is 3. The predicted octanol–water partition coefficient (Wildman–Crippen LogP) is 6.14. The van der Waals surface area contributed by atoms with Crippen molar-refractivity contribution in [2.45, 2.75) is 6.54 Å². The van der Waals surface area contributed by atoms with Crippen molar-refractivity contribution in [3.05, 3.63) is 100 Å². The second-order valence-corrected chi connectivity index (χ2v) is 8.39. The molecule has 0 radical (unpaired) electrons. The Labute approximate surface area is 211 Å². The lowest BCUT2D eigenvalue weighted by molar-refractivity contribution is -0.122. The molecular formula is C26H20Cl2N4O3. The highest BCUT2D eigenvalue weighted by molar-refractivity contribution is 6.42. The first-order valence-electron chi connectivity index (χ1n) is 10.6. The number of carbonyl (C=O) groups excluding carboxylic acids is 2. The van der Waals surface area contributed by atoms with Gasteiger partial charge in [-0.25, -0.2) is 0 Å². The van der Waals surface area contributed by atoms with E-state index < -0.39 is 11.8 Å². The van der Waals surface area contributed by atoms with Crippen molar-refractivity contribution < 1.29 is 14.7 Å². The smallest absolute Gasteiger partial charge is 0.283 e. The number of carbonyl (C=O) groups is 2. The molecule has 0 spiro atoms. The Balaban J connectivity index is 1.47. The highest BCUT2D eigenvalue weighted by Gasteiger charge is 2.17. The van der Waals surface area contributed by atoms with Crippen LogP contribution in [0.25, 0.3) is 17.0 Å². The zero-order valence-electron chi connectivity index (χ0n) is 18.4. The third kappa shape index (κ3) is 5.95. The second-order valence-electron chi connectivity index (χ2n) is 7.58. The zero-order valence-corrected chi connectivity index (χ0v) is 19.9. The maximum atomic E-state index is 12.2. The van der Waals surface area contributed by atoms with Gasteiger partial charge >= 0.3 is 0 Å². The number of amides is 2. The number of aromatic hydroxyl groups is 1. The Morgan fingerprint density at radius 2 is 1.71 bits per heavy atom. The molecule has 0 unspecified atom stereocenters. The van der Waals surface area contributed by atoms with Crippen LogP contribution in [0.5, 0.6) is 5.88 Å². The van der Waals surface area contributed by atoms with Crippen LogP contribution in [0.15, 0.2) is 89.1 Å². The molecule has 0 aliphatic rings. The van der Waals surface area contributed by atoms with Crippen LogP contribution >= 0.6 is 23.2 Å². The van der Waals surface area contributed by atoms with Crippen molar-refractivity contribution in [3.8, 4) is 5.88 Å². The number of hydrogen-bond donors (Lipinski definition) is 2. The number of nitrogens with zero attached hydrogens (tertiary/aromatic N) is 3. The number of aromatic nitrogens is 1. The third-order valence-electron chi connectivity index (χ3n) is 5.14. The van der Waals surface area contributed by atoms with Crippen LogP contribution in [0.2, 0.25) is 10.0 Å². The lowest BCUT2D eigenvalue weighted by Gasteiger charge is -2.08. The fourth-order valence-electron chi connectivity index (χ4n) is 3.45. The maximum absolute atomic E-state index is 12.2. The topological polar surface area (TPSA) is 96.1 Å². The molecule has 9 heteroatoms. The van der Waals surface area contributed by atoms with E-state index in [1.807, 2.05) is 48.5 Å². The van der Waals surface area contributed by atoms with Gasteiger partial charge in [0.2, 0.25) is 11.8 Å². The Bertz CT molecular complexity index is 1450. The minimum atomic E-state index is -0.660. The summed E-state index contributed by atoms with van der Waals surface area (Å²) in [7, 11) is 0. The molecular weight excluding hydrogens is 487 g/mol. The Morgan fingerprint density at radius 1 is 0.971 bits per heavy atom. The summed E-state index contributed by atoms with van der Waals surface area (Å²) in [6.07, 6.45) is 2.98. The van der Waals surface area contributed by atoms with E-state index in [1.54, 1.807) is 34.9 Å². The molecule has 1 heterocycles. The van der Waals surface area contributed by atoms with Crippen LogP contribution in [0.3, 0.4) is 0 Å². The largest absolute Gasteiger partial charge is 0.493 e. The first kappa shape index (κ1) is 24.2. The van der Waals surface area contributed by atoms with Gasteiger partial charge < -0.3 is 15.0 Å². The number of nitrogens with one attached hydrogen (secondary N) is 1. The maximum Gasteiger partial charge on any atom is 0.283 e. The average Bonchev–Trinajstić information content (AvgIpc) is 3.13. The number of fused-ring (bicyclic) bond motifs is 1. The summed E-state index contributed by atoms with van der Waals surface area (Å²) in [4.78, 5) is 24.2. The molecule has 35 heavy (non-hydrogen) atoms. The monoisotopic (exact) mass is 506 g/mol. The van der Waals surface area contributed by atoms with Crippen LogP contribution in [0.4, 0.5) is 5.69 Å². The van der Waals surface area contributed by atoms with E-state index in [9.17, 15) is 14.7 Å². The molecule has 1 aromatic heterocycles. The van der Waals surface area contributed by atoms with Gasteiger partial charge in [0.05, 0.1) is 22.1 Å². The first-order valence-corrected chi connectivity index (χ1v) is 11.4. The van der Waals surface area contributed by atoms with E-state index in [4.69, 9.17) is 23.2 Å². The highest BCUT2D eigenvalue weighted by atomic mass is 35.5. The van der Waals surface area contributed by atoms with Crippen LogP contribution in [0.1, 0.15) is 11.1 Å². The number of rotatable bonds is 7. The van der Waals surface area contributed by atoms with Crippen molar-refractivity contribution in [1.29, 1.82) is 0 Å². The minimum Gasteiger partial charge on any atom is -0.493 e. The van der Waals surface area contributed by atoms with E-state index >= 15 is 0 Å². The van der Waals surface area contributed by atoms with E-state index in [0.29, 0.717) is 27.5 Å². The summed E-state index contributed by atoms with van der Waals surface area (Å²) in [6, 6.07) is 21.7. The molecule has 4 rings (SSSR count). The van der Waals surface area contributed by atoms with Gasteiger partial charge in [0, 0.05) is 11.5 Å². The van der Waals surface area contributed by atoms with Crippen LogP contribution in [0, 0.1) is 0 Å². The lowest BCUT2D eigenvalue weighted by atomic mass is 10.2. The van der Waals surface area contributed by atoms with Gasteiger partial charge in [0.15, 0.2) is 5.69 Å². The van der Waals surface area contributed by atoms with Crippen LogP contribution < -0.4 is 5.32 Å². The van der Waals surface area contributed by atoms with Gasteiger partial charge in [0.25, 0.3) is 5.91 Å². The van der Waals surface area contributed by atoms with Crippen molar-refractivity contribution >= 4 is 57.7 Å². The quantitative estimate of drug-likeness (QED) is 0.232. The molecule has 4 aromatic rings. The van der Waals surface area contributed by atoms with Crippen molar-refractivity contribution in [2.75, 3.05) is 6.54 Å². The van der Waals surface area contributed by atoms with Crippen molar-refractivity contribution in [1.82, 2.24) is 9.88 Å². The molecule has 0 saturated carbocycles. The molecule has 0 aliphatic carbocycles. The second kappa shape index (κ2) is 11.0. The average molecular weight is 507 g/mol. The zero-order chi connectivity index (χ0) is 24.8. The minimum absolute atomic E-state index is 0.149. The number of halogens is 2. The molecule has 0 aliphatic heterocycles. The van der Waals surface area contributed by atoms with Gasteiger partial charge in [-0.1, -0.05) is 77.8 Å². The molecule has 3 aromatic carbocycles. The fraction of sp³-hybridized carbons (Fsp3) is 0.0769. The molecule has 176 valence electrons. The lowest BCUT2D eigenvalue weighted by Crippen LogP contribution is -2.26. The van der Waals surface area contributed by atoms with Gasteiger partial charge in [-0.3, -0.25) is 9.59 Å². The summed E-state index contributed by atoms with van der Waals surface area (Å²) < 4.78 is 1.64. The summed E-state index contributed by atoms with van der Waals surface area (Å²) in [5, 5.41) is 22.5. The van der Waals surface area contributed by atoms with Gasteiger partial charge in [-0.05, 0) is 35.4 Å². The van der Waals surface area contributed by atoms with Gasteiger partial charge in [-0.15, -0.1) is 10.2 Å². The van der Waals surface area contributed by atoms with E-state index in [-0.39, 0.29) is 18.1 Å². The summed E-state index contributed by atoms with van der Waals surface area (Å²) >= 11 is 12.1. The normalized spacial score (nSPS) is 11.5. The fourth-order valence-corrected chi connectivity index (χ4v) is 3.77. The number of azo groups is 1. The predicted molar refractivity (Wildman–Crippen MR) is 137 cm³/mol. The number of para-hydroxylation sites is 1. The Hall–Kier alpha value is -3.94. The molecule has 2 amide bonds. The van der Waals surface area contributed by atoms with Gasteiger partial charge in [0.1, 0.15) is 6.54 Å². The Kier molecular flexibility index (Phi) is 7.60. The van der Waals surface area contributed by atoms with Crippen molar-refractivity contribution in [2.24, 2.45) is 10.2 Å². The SMILES string of the molecule is O=C(CNC(=O)C=Cc1ccccc1)N=Nc1c(O)n(Cc2ccc(Cl)c(Cl)c2)c2ccccc12. The van der Waals surface area contributed by atoms with Crippen LogP contribution in [-0.4, -0.2) is 28.0 Å². The van der Waals surface area contributed by atoms with E-state index in [1.165, 1.54) is 6.08 Å². The summed E-state index contributed by atoms with van der Waals surface area (Å²) in [6.45, 7) is -0.0271. The van der Waals surface area contributed by atoms with Gasteiger partial charge in [-0.2, -0.15) is 0 Å². The number of hydrogen-bond acceptors (Lipinski definition) is 4. The third-order valence-corrected chi connectivity index (χ3v) is 5.88. The molecule has 2 N–H and O–H groups in total. The first-order chi connectivity index (χ1) is 16.9. The molecule has 0 fully saturated rings.